The highest BCUT2D eigenvalue weighted by Gasteiger charge is 2.42. The molecule has 0 heterocycles. The van der Waals surface area contributed by atoms with E-state index in [9.17, 15) is 39.3 Å². The Morgan fingerprint density at radius 3 is 2.14 bits per heavy atom. The molecule has 0 saturated carbocycles. The number of unbranched alkanes of at least 4 members (excludes halogenated alkanes) is 1. The van der Waals surface area contributed by atoms with Crippen LogP contribution < -0.4 is 5.32 Å². The van der Waals surface area contributed by atoms with Gasteiger partial charge in [0.15, 0.2) is 0 Å². The van der Waals surface area contributed by atoms with Crippen LogP contribution in [0, 0.1) is 5.92 Å². The number of nitrogens with one attached hydrogen (secondary N) is 1. The number of nitrogens with zero attached hydrogens (tertiary/aromatic N) is 2. The number of aliphatic carboxylic acids is 1. The number of rotatable bonds is 16. The number of aliphatic hydroxyl groups excluding tert-OH is 2. The number of hydrogen-bond donors (Lipinski definition) is 4. The van der Waals surface area contributed by atoms with Crippen molar-refractivity contribution in [1.29, 1.82) is 0 Å². The number of carbonyl (C=O) groups is 5. The zero-order valence-electron chi connectivity index (χ0n) is 26.1. The van der Waals surface area contributed by atoms with Crippen molar-refractivity contribution in [3.8, 4) is 0 Å². The molecule has 0 aliphatic carbocycles. The van der Waals surface area contributed by atoms with Gasteiger partial charge in [0.1, 0.15) is 23.7 Å². The van der Waals surface area contributed by atoms with Crippen molar-refractivity contribution in [2.45, 2.75) is 103 Å². The Balaban J connectivity index is 3.56. The van der Waals surface area contributed by atoms with Gasteiger partial charge in [0.05, 0.1) is 19.1 Å². The lowest BCUT2D eigenvalue weighted by molar-refractivity contribution is -0.179. The monoisotopic (exact) mass is 609 g/mol. The zero-order valence-corrected chi connectivity index (χ0v) is 26.1. The van der Waals surface area contributed by atoms with Crippen LogP contribution in [0.25, 0.3) is 0 Å². The van der Waals surface area contributed by atoms with Crippen LogP contribution in [0.15, 0.2) is 30.3 Å². The van der Waals surface area contributed by atoms with Gasteiger partial charge in [-0.15, -0.1) is 5.06 Å². The van der Waals surface area contributed by atoms with Gasteiger partial charge in [-0.25, -0.2) is 4.79 Å². The van der Waals surface area contributed by atoms with E-state index in [0.717, 1.165) is 12.8 Å². The fraction of sp³-hybridized carbons (Fsp3) is 0.633. The average Bonchev–Trinajstić information content (AvgIpc) is 2.90. The molecular formula is C30H47N3O10. The van der Waals surface area contributed by atoms with Crippen molar-refractivity contribution in [2.75, 3.05) is 13.7 Å². The topological polar surface area (TPSA) is 183 Å². The van der Waals surface area contributed by atoms with Crippen molar-refractivity contribution in [3.63, 3.8) is 0 Å². The fourth-order valence-electron chi connectivity index (χ4n) is 4.12. The Bertz CT molecular complexity index is 1080. The van der Waals surface area contributed by atoms with Gasteiger partial charge < -0.3 is 30.2 Å². The number of carboxylic acid groups (broad SMARTS) is 1. The third-order valence-electron chi connectivity index (χ3n) is 6.68. The van der Waals surface area contributed by atoms with Crippen LogP contribution in [0.2, 0.25) is 0 Å². The summed E-state index contributed by atoms with van der Waals surface area (Å²) in [6, 6.07) is 3.85. The van der Waals surface area contributed by atoms with E-state index < -0.39 is 72.7 Å². The molecule has 4 N–H and O–H groups in total. The minimum Gasteiger partial charge on any atom is -0.480 e. The van der Waals surface area contributed by atoms with Crippen molar-refractivity contribution in [3.05, 3.63) is 35.9 Å². The summed E-state index contributed by atoms with van der Waals surface area (Å²) in [5.74, 6) is -4.62. The first kappa shape index (κ1) is 37.5. The third-order valence-corrected chi connectivity index (χ3v) is 6.68. The lowest BCUT2D eigenvalue weighted by Crippen LogP contribution is -2.60. The summed E-state index contributed by atoms with van der Waals surface area (Å²) in [4.78, 5) is 70.8. The number of carboxylic acids is 1. The van der Waals surface area contributed by atoms with Crippen molar-refractivity contribution in [2.24, 2.45) is 5.92 Å². The molecule has 0 spiro atoms. The first-order valence-corrected chi connectivity index (χ1v) is 14.4. The lowest BCUT2D eigenvalue weighted by atomic mass is 9.94. The van der Waals surface area contributed by atoms with Crippen molar-refractivity contribution in [1.82, 2.24) is 15.3 Å². The fourth-order valence-corrected chi connectivity index (χ4v) is 4.12. The number of benzene rings is 1. The molecule has 0 aliphatic heterocycles. The zero-order chi connectivity index (χ0) is 32.9. The predicted octanol–water partition coefficient (Wildman–Crippen LogP) is 2.28. The Morgan fingerprint density at radius 2 is 1.63 bits per heavy atom. The number of hydrogen-bond acceptors (Lipinski definition) is 10. The summed E-state index contributed by atoms with van der Waals surface area (Å²) in [7, 11) is 1.17. The Labute approximate surface area is 253 Å². The van der Waals surface area contributed by atoms with E-state index in [1.54, 1.807) is 58.0 Å². The number of carbonyl (C=O) groups excluding carboxylic acids is 4. The summed E-state index contributed by atoms with van der Waals surface area (Å²) in [5.41, 5.74) is -0.379. The van der Waals surface area contributed by atoms with E-state index in [-0.39, 0.29) is 12.3 Å². The van der Waals surface area contributed by atoms with Crippen LogP contribution in [-0.4, -0.2) is 98.6 Å². The maximum Gasteiger partial charge on any atom is 0.528 e. The van der Waals surface area contributed by atoms with E-state index >= 15 is 0 Å². The summed E-state index contributed by atoms with van der Waals surface area (Å²) in [6.07, 6.45) is -0.761. The molecule has 3 amide bonds. The molecule has 43 heavy (non-hydrogen) atoms. The molecule has 0 unspecified atom stereocenters. The quantitative estimate of drug-likeness (QED) is 0.159. The van der Waals surface area contributed by atoms with Crippen LogP contribution in [0.4, 0.5) is 4.79 Å². The summed E-state index contributed by atoms with van der Waals surface area (Å²) in [5, 5.41) is 33.4. The molecule has 0 aliphatic rings. The Hall–Kier alpha value is -3.55. The SMILES string of the molecule is CCCC[C@H](C)[C@@H](O)CC(=O)N(C(=O)[C@H](CO)N(C)OC(=O)OC(C)(C)C)[C@H](Cc1ccccc1)C(=O)N[C@H](C)C(=O)O. The van der Waals surface area contributed by atoms with Gasteiger partial charge in [-0.1, -0.05) is 57.0 Å². The molecular weight excluding hydrogens is 562 g/mol. The number of likely N-dealkylation sites (N-methyl/N-ethyl adjacent to an activating group) is 1. The second-order valence-electron chi connectivity index (χ2n) is 11.6. The smallest absolute Gasteiger partial charge is 0.480 e. The van der Waals surface area contributed by atoms with Gasteiger partial charge in [0.25, 0.3) is 5.91 Å². The van der Waals surface area contributed by atoms with Crippen LogP contribution in [0.5, 0.6) is 0 Å². The molecule has 13 heteroatoms. The number of imide groups is 1. The highest BCUT2D eigenvalue weighted by atomic mass is 16.8. The van der Waals surface area contributed by atoms with E-state index in [2.05, 4.69) is 5.32 Å². The lowest BCUT2D eigenvalue weighted by Gasteiger charge is -2.35. The molecule has 0 saturated heterocycles. The van der Waals surface area contributed by atoms with E-state index in [1.807, 2.05) is 6.92 Å². The number of amides is 3. The summed E-state index contributed by atoms with van der Waals surface area (Å²) >= 11 is 0. The maximum absolute atomic E-state index is 14.0. The molecule has 1 aromatic carbocycles. The molecule has 0 aromatic heterocycles. The maximum atomic E-state index is 14.0. The molecule has 0 bridgehead atoms. The highest BCUT2D eigenvalue weighted by Crippen LogP contribution is 2.20. The predicted molar refractivity (Wildman–Crippen MR) is 156 cm³/mol. The highest BCUT2D eigenvalue weighted by molar-refractivity contribution is 6.03. The molecule has 1 rings (SSSR count). The van der Waals surface area contributed by atoms with Crippen molar-refractivity contribution >= 4 is 29.8 Å². The van der Waals surface area contributed by atoms with Gasteiger partial charge in [-0.2, -0.15) is 0 Å². The van der Waals surface area contributed by atoms with E-state index in [0.29, 0.717) is 21.9 Å². The van der Waals surface area contributed by atoms with Crippen LogP contribution in [0.3, 0.4) is 0 Å². The van der Waals surface area contributed by atoms with Gasteiger partial charge in [0.2, 0.25) is 11.8 Å². The molecule has 1 aromatic rings. The van der Waals surface area contributed by atoms with Crippen LogP contribution in [-0.2, 0) is 35.2 Å². The minimum absolute atomic E-state index is 0.202. The van der Waals surface area contributed by atoms with Gasteiger partial charge in [-0.05, 0) is 45.6 Å². The Morgan fingerprint density at radius 1 is 1.02 bits per heavy atom. The van der Waals surface area contributed by atoms with Gasteiger partial charge in [-0.3, -0.25) is 24.1 Å². The first-order chi connectivity index (χ1) is 20.0. The normalized spacial score (nSPS) is 15.0. The van der Waals surface area contributed by atoms with E-state index in [1.165, 1.54) is 14.0 Å². The molecule has 242 valence electrons. The number of hydroxylamine groups is 2. The first-order valence-electron chi connectivity index (χ1n) is 14.4. The van der Waals surface area contributed by atoms with Crippen LogP contribution in [0.1, 0.15) is 72.8 Å². The minimum atomic E-state index is -1.66. The Kier molecular flexibility index (Phi) is 15.3. The molecule has 0 radical (unpaired) electrons. The summed E-state index contributed by atoms with van der Waals surface area (Å²) in [6.45, 7) is 8.85. The second kappa shape index (κ2) is 17.5. The molecule has 13 nitrogen and oxygen atoms in total. The summed E-state index contributed by atoms with van der Waals surface area (Å²) < 4.78 is 5.10. The van der Waals surface area contributed by atoms with E-state index in [4.69, 9.17) is 9.57 Å². The van der Waals surface area contributed by atoms with Gasteiger partial charge in [0, 0.05) is 13.5 Å². The third kappa shape index (κ3) is 12.7. The molecule has 5 atom stereocenters. The largest absolute Gasteiger partial charge is 0.528 e. The van der Waals surface area contributed by atoms with Crippen molar-refractivity contribution < 1.29 is 48.9 Å². The van der Waals surface area contributed by atoms with Gasteiger partial charge >= 0.3 is 12.1 Å². The number of aliphatic hydroxyl groups is 2. The van der Waals surface area contributed by atoms with Crippen LogP contribution >= 0.6 is 0 Å². The number of ether oxygens (including phenoxy) is 1. The molecule has 0 fully saturated rings. The standard InChI is InChI=1S/C30H47N3O10/c1-8-9-13-19(2)24(35)17-25(36)33(27(38)23(18-34)32(7)43-29(41)42-30(4,5)6)22(16-21-14-11-10-12-15-21)26(37)31-20(3)28(39)40/h10-12,14-15,19-20,22-24,34-35H,8-9,13,16-18H2,1-7H3,(H,31,37)(H,39,40)/t19-,20+,22+,23-,24-/m0/s1. The average molecular weight is 610 g/mol. The second-order valence-corrected chi connectivity index (χ2v) is 11.6.